The monoisotopic (exact) mass is 198 g/mol. The molecule has 0 aromatic heterocycles. The molecule has 1 heteroatoms. The Bertz CT molecular complexity index is 362. The van der Waals surface area contributed by atoms with E-state index in [2.05, 4.69) is 60.6 Å². The largest absolute Gasteiger partial charge is 0.251 e. The van der Waals surface area contributed by atoms with E-state index >= 15 is 0 Å². The van der Waals surface area contributed by atoms with Gasteiger partial charge in [-0.25, -0.2) is 0 Å². The lowest BCUT2D eigenvalue weighted by Crippen LogP contribution is -2.15. The minimum absolute atomic E-state index is 0.981. The van der Waals surface area contributed by atoms with Crippen molar-refractivity contribution < 1.29 is 0 Å². The summed E-state index contributed by atoms with van der Waals surface area (Å²) in [5.74, 6) is 0. The van der Waals surface area contributed by atoms with E-state index in [0.717, 1.165) is 19.4 Å². The summed E-state index contributed by atoms with van der Waals surface area (Å²) in [4.78, 5) is 2.10. The topological polar surface area (TPSA) is 3.24 Å². The number of allylic oxidation sites excluding steroid dienone is 2. The second-order valence-electron chi connectivity index (χ2n) is 3.91. The van der Waals surface area contributed by atoms with Crippen molar-refractivity contribution in [1.29, 1.82) is 0 Å². The van der Waals surface area contributed by atoms with E-state index < -0.39 is 0 Å². The van der Waals surface area contributed by atoms with Crippen molar-refractivity contribution in [2.24, 2.45) is 0 Å². The number of rotatable bonds is 3. The van der Waals surface area contributed by atoms with Gasteiger partial charge < -0.3 is 0 Å². The number of hydrogen-bond donors (Lipinski definition) is 0. The second-order valence-corrected chi connectivity index (χ2v) is 3.91. The molecule has 1 nitrogen and oxygen atoms in total. The highest BCUT2D eigenvalue weighted by molar-refractivity contribution is 5.22. The minimum atomic E-state index is 0.981. The Morgan fingerprint density at radius 1 is 1.20 bits per heavy atom. The van der Waals surface area contributed by atoms with Crippen molar-refractivity contribution in [2.75, 3.05) is 13.6 Å². The number of benzene rings is 1. The van der Waals surface area contributed by atoms with Gasteiger partial charge in [0.25, 0.3) is 0 Å². The lowest BCUT2D eigenvalue weighted by atomic mass is 10.0. The Morgan fingerprint density at radius 3 is 2.73 bits per heavy atom. The fraction of sp³-hybridized carbons (Fsp3) is 0.286. The van der Waals surface area contributed by atoms with Crippen LogP contribution in [0, 0.1) is 6.20 Å². The highest BCUT2D eigenvalue weighted by atomic mass is 15.1. The molecule has 0 fully saturated rings. The standard InChI is InChI=1S/C14H16N/c1-15-11-5-8-14(12-15)10-9-13-6-3-2-4-7-13/h2-8H,9-11H2,1H3/q+1. The molecule has 0 spiro atoms. The van der Waals surface area contributed by atoms with Crippen LogP contribution in [0.25, 0.3) is 0 Å². The van der Waals surface area contributed by atoms with Crippen molar-refractivity contribution >= 4 is 0 Å². The zero-order chi connectivity index (χ0) is 10.5. The minimum Gasteiger partial charge on any atom is -0.251 e. The van der Waals surface area contributed by atoms with E-state index in [1.165, 1.54) is 11.1 Å². The molecular formula is C14H16N+. The summed E-state index contributed by atoms with van der Waals surface area (Å²) in [5, 5.41) is 0. The summed E-state index contributed by atoms with van der Waals surface area (Å²) in [7, 11) is 2.06. The summed E-state index contributed by atoms with van der Waals surface area (Å²) in [6, 6.07) is 10.6. The molecule has 0 bridgehead atoms. The highest BCUT2D eigenvalue weighted by Crippen LogP contribution is 2.13. The van der Waals surface area contributed by atoms with Crippen LogP contribution in [0.1, 0.15) is 12.0 Å². The molecule has 0 amide bonds. The van der Waals surface area contributed by atoms with Gasteiger partial charge in [0.05, 0.1) is 12.6 Å². The molecule has 0 N–H and O–H groups in total. The highest BCUT2D eigenvalue weighted by Gasteiger charge is 2.12. The van der Waals surface area contributed by atoms with Crippen LogP contribution in [-0.4, -0.2) is 18.5 Å². The van der Waals surface area contributed by atoms with Crippen LogP contribution in [0.3, 0.4) is 0 Å². The van der Waals surface area contributed by atoms with Crippen molar-refractivity contribution in [3.8, 4) is 0 Å². The number of likely N-dealkylation sites (N-methyl/N-ethyl adjacent to an activating group) is 1. The summed E-state index contributed by atoms with van der Waals surface area (Å²) >= 11 is 0. The maximum atomic E-state index is 3.35. The van der Waals surface area contributed by atoms with Crippen LogP contribution in [0.4, 0.5) is 0 Å². The molecule has 0 aliphatic carbocycles. The van der Waals surface area contributed by atoms with Gasteiger partial charge in [0.1, 0.15) is 0 Å². The van der Waals surface area contributed by atoms with Crippen LogP contribution in [0.2, 0.25) is 0 Å². The van der Waals surface area contributed by atoms with Gasteiger partial charge in [0.2, 0.25) is 0 Å². The first-order chi connectivity index (χ1) is 7.34. The maximum Gasteiger partial charge on any atom is 0.194 e. The van der Waals surface area contributed by atoms with Crippen LogP contribution in [0.15, 0.2) is 48.1 Å². The van der Waals surface area contributed by atoms with Crippen LogP contribution in [-0.2, 0) is 6.42 Å². The molecule has 0 saturated carbocycles. The first kappa shape index (κ1) is 9.95. The molecule has 76 valence electrons. The van der Waals surface area contributed by atoms with E-state index in [1.54, 1.807) is 0 Å². The van der Waals surface area contributed by atoms with E-state index in [1.807, 2.05) is 0 Å². The van der Waals surface area contributed by atoms with Gasteiger partial charge in [-0.05, 0) is 12.0 Å². The van der Waals surface area contributed by atoms with Crippen molar-refractivity contribution in [3.63, 3.8) is 0 Å². The molecule has 1 aliphatic heterocycles. The van der Waals surface area contributed by atoms with Crippen molar-refractivity contribution in [2.45, 2.75) is 12.8 Å². The summed E-state index contributed by atoms with van der Waals surface area (Å²) < 4.78 is 0. The zero-order valence-electron chi connectivity index (χ0n) is 9.11. The Morgan fingerprint density at radius 2 is 2.00 bits per heavy atom. The Labute approximate surface area is 91.7 Å². The van der Waals surface area contributed by atoms with Crippen LogP contribution < -0.4 is 0 Å². The molecule has 0 unspecified atom stereocenters. The molecule has 0 atom stereocenters. The SMILES string of the molecule is CN1[C+]=C(CCc2ccccc2)C=CC1. The quantitative estimate of drug-likeness (QED) is 0.675. The zero-order valence-corrected chi connectivity index (χ0v) is 9.11. The average molecular weight is 198 g/mol. The van der Waals surface area contributed by atoms with Gasteiger partial charge in [0, 0.05) is 19.5 Å². The molecule has 1 aliphatic rings. The molecule has 1 aromatic rings. The van der Waals surface area contributed by atoms with E-state index in [0.29, 0.717) is 0 Å². The molecule has 15 heavy (non-hydrogen) atoms. The Balaban J connectivity index is 1.91. The Hall–Kier alpha value is -1.59. The molecule has 2 rings (SSSR count). The van der Waals surface area contributed by atoms with Crippen LogP contribution in [0.5, 0.6) is 0 Å². The molecule has 1 aromatic carbocycles. The van der Waals surface area contributed by atoms with E-state index in [-0.39, 0.29) is 0 Å². The van der Waals surface area contributed by atoms with Gasteiger partial charge >= 0.3 is 0 Å². The first-order valence-corrected chi connectivity index (χ1v) is 5.39. The fourth-order valence-corrected chi connectivity index (χ4v) is 1.74. The third-order valence-corrected chi connectivity index (χ3v) is 2.56. The van der Waals surface area contributed by atoms with Gasteiger partial charge in [-0.3, -0.25) is 4.90 Å². The number of hydrogen-bond acceptors (Lipinski definition) is 1. The molecule has 0 saturated heterocycles. The normalized spacial score (nSPS) is 14.7. The molecule has 1 heterocycles. The van der Waals surface area contributed by atoms with Gasteiger partial charge in [-0.15, -0.1) is 0 Å². The Kier molecular flexibility index (Phi) is 3.16. The summed E-state index contributed by atoms with van der Waals surface area (Å²) in [6.07, 6.45) is 9.90. The van der Waals surface area contributed by atoms with Gasteiger partial charge in [-0.2, -0.15) is 0 Å². The van der Waals surface area contributed by atoms with Crippen molar-refractivity contribution in [1.82, 2.24) is 4.90 Å². The second kappa shape index (κ2) is 4.77. The van der Waals surface area contributed by atoms with Gasteiger partial charge in [0.15, 0.2) is 11.8 Å². The summed E-state index contributed by atoms with van der Waals surface area (Å²) in [6.45, 7) is 0.981. The van der Waals surface area contributed by atoms with Crippen molar-refractivity contribution in [3.05, 3.63) is 59.8 Å². The number of aryl methyl sites for hydroxylation is 1. The lowest BCUT2D eigenvalue weighted by molar-refractivity contribution is 0.474. The first-order valence-electron chi connectivity index (χ1n) is 5.39. The van der Waals surface area contributed by atoms with E-state index in [9.17, 15) is 0 Å². The molecular weight excluding hydrogens is 182 g/mol. The van der Waals surface area contributed by atoms with Gasteiger partial charge in [-0.1, -0.05) is 30.3 Å². The lowest BCUT2D eigenvalue weighted by Gasteiger charge is -2.06. The number of nitrogens with zero attached hydrogens (tertiary/aromatic N) is 1. The maximum absolute atomic E-state index is 3.35. The smallest absolute Gasteiger partial charge is 0.194 e. The fourth-order valence-electron chi connectivity index (χ4n) is 1.74. The molecule has 0 radical (unpaired) electrons. The predicted molar refractivity (Wildman–Crippen MR) is 63.3 cm³/mol. The third kappa shape index (κ3) is 2.93. The average Bonchev–Trinajstić information content (AvgIpc) is 2.28. The third-order valence-electron chi connectivity index (χ3n) is 2.56. The summed E-state index contributed by atoms with van der Waals surface area (Å²) in [5.41, 5.74) is 2.70. The van der Waals surface area contributed by atoms with E-state index in [4.69, 9.17) is 0 Å². The predicted octanol–water partition coefficient (Wildman–Crippen LogP) is 2.81. The van der Waals surface area contributed by atoms with Crippen LogP contribution >= 0.6 is 0 Å².